The van der Waals surface area contributed by atoms with Crippen LogP contribution in [0.25, 0.3) is 0 Å². The van der Waals surface area contributed by atoms with E-state index in [4.69, 9.17) is 11.6 Å². The van der Waals surface area contributed by atoms with Gasteiger partial charge in [-0.1, -0.05) is 30.7 Å². The molecule has 0 aliphatic rings. The zero-order valence-corrected chi connectivity index (χ0v) is 13.1. The van der Waals surface area contributed by atoms with Crippen molar-refractivity contribution in [3.63, 3.8) is 0 Å². The summed E-state index contributed by atoms with van der Waals surface area (Å²) < 4.78 is 0. The van der Waals surface area contributed by atoms with E-state index in [2.05, 4.69) is 35.8 Å². The van der Waals surface area contributed by atoms with E-state index in [0.717, 1.165) is 22.8 Å². The van der Waals surface area contributed by atoms with Crippen LogP contribution in [0.5, 0.6) is 0 Å². The first-order valence-corrected chi connectivity index (χ1v) is 7.65. The molecule has 0 amide bonds. The summed E-state index contributed by atoms with van der Waals surface area (Å²) in [6.07, 6.45) is 1.04. The Balaban J connectivity index is 2.30. The van der Waals surface area contributed by atoms with E-state index in [0.29, 0.717) is 6.04 Å². The van der Waals surface area contributed by atoms with Crippen LogP contribution in [0.4, 0.5) is 11.4 Å². The molecule has 0 saturated heterocycles. The molecule has 1 aromatic carbocycles. The molecule has 19 heavy (non-hydrogen) atoms. The molecule has 1 aromatic heterocycles. The number of rotatable bonds is 5. The van der Waals surface area contributed by atoms with Crippen molar-refractivity contribution in [3.05, 3.63) is 45.6 Å². The SMILES string of the molecule is CCC(Nc1cccc(Cl)c1N(C)C)c1cccs1. The Hall–Kier alpha value is -1.19. The number of anilines is 2. The molecular weight excluding hydrogens is 276 g/mol. The Labute approximate surface area is 124 Å². The van der Waals surface area contributed by atoms with E-state index < -0.39 is 0 Å². The number of thiophene rings is 1. The minimum atomic E-state index is 0.331. The molecular formula is C15H19ClN2S. The Kier molecular flexibility index (Phi) is 4.72. The highest BCUT2D eigenvalue weighted by Crippen LogP contribution is 2.36. The van der Waals surface area contributed by atoms with Crippen molar-refractivity contribution in [2.75, 3.05) is 24.3 Å². The molecule has 102 valence electrons. The first kappa shape index (κ1) is 14.2. The van der Waals surface area contributed by atoms with Gasteiger partial charge in [-0.15, -0.1) is 11.3 Å². The van der Waals surface area contributed by atoms with Crippen LogP contribution in [0.1, 0.15) is 24.3 Å². The van der Waals surface area contributed by atoms with Gasteiger partial charge in [0.05, 0.1) is 22.4 Å². The third-order valence-electron chi connectivity index (χ3n) is 3.06. The van der Waals surface area contributed by atoms with E-state index in [1.807, 2.05) is 31.1 Å². The molecule has 4 heteroatoms. The molecule has 0 aliphatic carbocycles. The molecule has 0 aliphatic heterocycles. The molecule has 1 unspecified atom stereocenters. The molecule has 1 N–H and O–H groups in total. The van der Waals surface area contributed by atoms with Gasteiger partial charge in [-0.3, -0.25) is 0 Å². The largest absolute Gasteiger partial charge is 0.376 e. The van der Waals surface area contributed by atoms with Crippen molar-refractivity contribution in [1.82, 2.24) is 0 Å². The van der Waals surface area contributed by atoms with Gasteiger partial charge in [0.2, 0.25) is 0 Å². The van der Waals surface area contributed by atoms with E-state index >= 15 is 0 Å². The summed E-state index contributed by atoms with van der Waals surface area (Å²) in [6.45, 7) is 2.19. The Morgan fingerprint density at radius 3 is 2.63 bits per heavy atom. The minimum absolute atomic E-state index is 0.331. The number of hydrogen-bond acceptors (Lipinski definition) is 3. The van der Waals surface area contributed by atoms with Crippen molar-refractivity contribution in [2.24, 2.45) is 0 Å². The number of para-hydroxylation sites is 1. The Morgan fingerprint density at radius 2 is 2.05 bits per heavy atom. The van der Waals surface area contributed by atoms with Crippen LogP contribution in [0.2, 0.25) is 5.02 Å². The second-order valence-electron chi connectivity index (χ2n) is 4.65. The van der Waals surface area contributed by atoms with Crippen molar-refractivity contribution in [3.8, 4) is 0 Å². The van der Waals surface area contributed by atoms with Crippen LogP contribution in [0.15, 0.2) is 35.7 Å². The van der Waals surface area contributed by atoms with Crippen molar-refractivity contribution < 1.29 is 0 Å². The molecule has 0 bridgehead atoms. The van der Waals surface area contributed by atoms with Gasteiger partial charge < -0.3 is 10.2 Å². The van der Waals surface area contributed by atoms with Crippen LogP contribution >= 0.6 is 22.9 Å². The lowest BCUT2D eigenvalue weighted by Gasteiger charge is -2.23. The second-order valence-corrected chi connectivity index (χ2v) is 6.04. The maximum atomic E-state index is 6.30. The Bertz CT molecular complexity index is 523. The number of halogens is 1. The van der Waals surface area contributed by atoms with Gasteiger partial charge in [0.25, 0.3) is 0 Å². The van der Waals surface area contributed by atoms with E-state index in [9.17, 15) is 0 Å². The summed E-state index contributed by atoms with van der Waals surface area (Å²) in [6, 6.07) is 10.6. The van der Waals surface area contributed by atoms with E-state index in [1.165, 1.54) is 4.88 Å². The summed E-state index contributed by atoms with van der Waals surface area (Å²) in [4.78, 5) is 3.40. The smallest absolute Gasteiger partial charge is 0.0786 e. The maximum Gasteiger partial charge on any atom is 0.0786 e. The standard InChI is InChI=1S/C15H19ClN2S/c1-4-12(14-9-6-10-19-14)17-13-8-5-7-11(16)15(13)18(2)3/h5-10,12,17H,4H2,1-3H3. The molecule has 2 nitrogen and oxygen atoms in total. The lowest BCUT2D eigenvalue weighted by molar-refractivity contribution is 0.763. The lowest BCUT2D eigenvalue weighted by atomic mass is 10.1. The first-order valence-electron chi connectivity index (χ1n) is 6.39. The van der Waals surface area contributed by atoms with Gasteiger partial charge in [-0.05, 0) is 30.0 Å². The van der Waals surface area contributed by atoms with Crippen LogP contribution < -0.4 is 10.2 Å². The molecule has 0 radical (unpaired) electrons. The molecule has 1 atom stereocenters. The zero-order valence-electron chi connectivity index (χ0n) is 11.5. The van der Waals surface area contributed by atoms with Crippen molar-refractivity contribution >= 4 is 34.3 Å². The number of nitrogens with one attached hydrogen (secondary N) is 1. The molecule has 0 saturated carbocycles. The van der Waals surface area contributed by atoms with Gasteiger partial charge in [0, 0.05) is 19.0 Å². The van der Waals surface area contributed by atoms with E-state index in [1.54, 1.807) is 11.3 Å². The van der Waals surface area contributed by atoms with Crippen molar-refractivity contribution in [2.45, 2.75) is 19.4 Å². The van der Waals surface area contributed by atoms with Crippen LogP contribution in [-0.2, 0) is 0 Å². The number of hydrogen-bond donors (Lipinski definition) is 1. The maximum absolute atomic E-state index is 6.30. The van der Waals surface area contributed by atoms with Gasteiger partial charge >= 0.3 is 0 Å². The van der Waals surface area contributed by atoms with Gasteiger partial charge in [-0.25, -0.2) is 0 Å². The summed E-state index contributed by atoms with van der Waals surface area (Å²) in [7, 11) is 4.02. The fourth-order valence-corrected chi connectivity index (χ4v) is 3.34. The third kappa shape index (κ3) is 3.23. The fourth-order valence-electron chi connectivity index (χ4n) is 2.14. The predicted molar refractivity (Wildman–Crippen MR) is 86.8 cm³/mol. The van der Waals surface area contributed by atoms with Gasteiger partial charge in [-0.2, -0.15) is 0 Å². The number of benzene rings is 1. The minimum Gasteiger partial charge on any atom is -0.376 e. The molecule has 2 rings (SSSR count). The van der Waals surface area contributed by atoms with Crippen LogP contribution in [0.3, 0.4) is 0 Å². The highest BCUT2D eigenvalue weighted by Gasteiger charge is 2.14. The van der Waals surface area contributed by atoms with Gasteiger partial charge in [0.1, 0.15) is 0 Å². The average molecular weight is 295 g/mol. The Morgan fingerprint density at radius 1 is 1.26 bits per heavy atom. The molecule has 2 aromatic rings. The molecule has 0 spiro atoms. The lowest BCUT2D eigenvalue weighted by Crippen LogP contribution is -2.15. The second kappa shape index (κ2) is 6.31. The number of nitrogens with zero attached hydrogens (tertiary/aromatic N) is 1. The van der Waals surface area contributed by atoms with E-state index in [-0.39, 0.29) is 0 Å². The summed E-state index contributed by atoms with van der Waals surface area (Å²) in [5, 5.41) is 6.50. The normalized spacial score (nSPS) is 12.2. The third-order valence-corrected chi connectivity index (χ3v) is 4.35. The van der Waals surface area contributed by atoms with Crippen LogP contribution in [0, 0.1) is 0 Å². The summed E-state index contributed by atoms with van der Waals surface area (Å²) in [5.41, 5.74) is 2.12. The molecule has 1 heterocycles. The predicted octanol–water partition coefficient (Wildman–Crippen LogP) is 5.03. The van der Waals surface area contributed by atoms with Crippen LogP contribution in [-0.4, -0.2) is 14.1 Å². The highest BCUT2D eigenvalue weighted by molar-refractivity contribution is 7.10. The summed E-state index contributed by atoms with van der Waals surface area (Å²) >= 11 is 8.08. The topological polar surface area (TPSA) is 15.3 Å². The monoisotopic (exact) mass is 294 g/mol. The highest BCUT2D eigenvalue weighted by atomic mass is 35.5. The quantitative estimate of drug-likeness (QED) is 0.832. The summed E-state index contributed by atoms with van der Waals surface area (Å²) in [5.74, 6) is 0. The molecule has 0 fully saturated rings. The fraction of sp³-hybridized carbons (Fsp3) is 0.333. The van der Waals surface area contributed by atoms with Crippen molar-refractivity contribution in [1.29, 1.82) is 0 Å². The zero-order chi connectivity index (χ0) is 13.8. The first-order chi connectivity index (χ1) is 9.13. The average Bonchev–Trinajstić information content (AvgIpc) is 2.89. The van der Waals surface area contributed by atoms with Gasteiger partial charge in [0.15, 0.2) is 0 Å².